The molecule has 0 saturated carbocycles. The first-order chi connectivity index (χ1) is 12.5. The number of carboxylic acid groups (broad SMARTS) is 1. The van der Waals surface area contributed by atoms with Crippen molar-refractivity contribution in [1.29, 1.82) is 0 Å². The van der Waals surface area contributed by atoms with Crippen molar-refractivity contribution in [1.82, 2.24) is 0 Å². The van der Waals surface area contributed by atoms with E-state index in [9.17, 15) is 14.7 Å². The number of benzene rings is 2. The number of methoxy groups -OCH3 is 1. The Balaban J connectivity index is 2.03. The van der Waals surface area contributed by atoms with E-state index in [-0.39, 0.29) is 12.2 Å². The first-order valence-electron chi connectivity index (χ1n) is 7.77. The van der Waals surface area contributed by atoms with Crippen molar-refractivity contribution in [2.75, 3.05) is 7.11 Å². The largest absolute Gasteiger partial charge is 0.497 e. The van der Waals surface area contributed by atoms with Gasteiger partial charge in [0.05, 0.1) is 18.4 Å². The van der Waals surface area contributed by atoms with Crippen LogP contribution in [-0.4, -0.2) is 24.0 Å². The summed E-state index contributed by atoms with van der Waals surface area (Å²) in [6.07, 6.45) is -0.153. The molecule has 0 radical (unpaired) electrons. The Hall–Kier alpha value is -2.63. The highest BCUT2D eigenvalue weighted by molar-refractivity contribution is 7.17. The summed E-state index contributed by atoms with van der Waals surface area (Å²) in [5, 5.41) is 9.79. The predicted molar refractivity (Wildman–Crippen MR) is 103 cm³/mol. The van der Waals surface area contributed by atoms with E-state index in [1.165, 1.54) is 11.3 Å². The van der Waals surface area contributed by atoms with Gasteiger partial charge in [-0.05, 0) is 41.5 Å². The molecule has 2 aromatic carbocycles. The van der Waals surface area contributed by atoms with Gasteiger partial charge in [0.25, 0.3) is 0 Å². The fraction of sp³-hybridized carbons (Fsp3) is 0.100. The summed E-state index contributed by atoms with van der Waals surface area (Å²) in [5.74, 6) is -0.518. The molecule has 4 nitrogen and oxygen atoms in total. The van der Waals surface area contributed by atoms with Crippen molar-refractivity contribution >= 4 is 34.7 Å². The summed E-state index contributed by atoms with van der Waals surface area (Å²) in [5.41, 5.74) is 1.94. The van der Waals surface area contributed by atoms with Gasteiger partial charge >= 0.3 is 5.97 Å². The molecule has 6 heteroatoms. The summed E-state index contributed by atoms with van der Waals surface area (Å²) < 4.78 is 5.16. The maximum Gasteiger partial charge on any atom is 0.307 e. The van der Waals surface area contributed by atoms with Crippen LogP contribution >= 0.6 is 22.9 Å². The van der Waals surface area contributed by atoms with E-state index in [0.29, 0.717) is 26.8 Å². The van der Waals surface area contributed by atoms with Gasteiger partial charge in [0.2, 0.25) is 5.78 Å². The molecule has 1 N–H and O–H groups in total. The van der Waals surface area contributed by atoms with Gasteiger partial charge in [0, 0.05) is 15.5 Å². The molecule has 0 bridgehead atoms. The summed E-state index contributed by atoms with van der Waals surface area (Å²) >= 11 is 7.21. The summed E-state index contributed by atoms with van der Waals surface area (Å²) in [6, 6.07) is 15.7. The van der Waals surface area contributed by atoms with E-state index in [1.807, 2.05) is 12.1 Å². The molecular weight excluding hydrogens is 372 g/mol. The van der Waals surface area contributed by atoms with Gasteiger partial charge in [-0.2, -0.15) is 0 Å². The molecule has 3 aromatic rings. The van der Waals surface area contributed by atoms with Crippen LogP contribution in [0.4, 0.5) is 0 Å². The first kappa shape index (κ1) is 18.2. The third-order valence-electron chi connectivity index (χ3n) is 3.81. The Morgan fingerprint density at radius 1 is 1.12 bits per heavy atom. The van der Waals surface area contributed by atoms with Gasteiger partial charge in [-0.3, -0.25) is 9.59 Å². The predicted octanol–water partition coefficient (Wildman–Crippen LogP) is 4.94. The van der Waals surface area contributed by atoms with Gasteiger partial charge in [-0.15, -0.1) is 11.3 Å². The summed E-state index contributed by atoms with van der Waals surface area (Å²) in [6.45, 7) is 0. The van der Waals surface area contributed by atoms with E-state index in [4.69, 9.17) is 16.3 Å². The zero-order valence-electron chi connectivity index (χ0n) is 13.9. The normalized spacial score (nSPS) is 10.5. The van der Waals surface area contributed by atoms with Gasteiger partial charge in [0.15, 0.2) is 0 Å². The highest BCUT2D eigenvalue weighted by Gasteiger charge is 2.19. The molecule has 1 heterocycles. The Labute approximate surface area is 159 Å². The highest BCUT2D eigenvalue weighted by Crippen LogP contribution is 2.35. The summed E-state index contributed by atoms with van der Waals surface area (Å²) in [4.78, 5) is 25.3. The number of aliphatic carboxylic acids is 1. The Morgan fingerprint density at radius 2 is 1.85 bits per heavy atom. The van der Waals surface area contributed by atoms with Crippen molar-refractivity contribution in [3.63, 3.8) is 0 Å². The number of ether oxygens (including phenoxy) is 1. The lowest BCUT2D eigenvalue weighted by atomic mass is 10.0. The van der Waals surface area contributed by atoms with Crippen LogP contribution in [0.3, 0.4) is 0 Å². The van der Waals surface area contributed by atoms with Gasteiger partial charge in [-0.25, -0.2) is 0 Å². The molecule has 1 aromatic heterocycles. The molecule has 0 amide bonds. The average molecular weight is 387 g/mol. The molecule has 0 aliphatic carbocycles. The van der Waals surface area contributed by atoms with Gasteiger partial charge in [-0.1, -0.05) is 35.9 Å². The quantitative estimate of drug-likeness (QED) is 0.610. The molecule has 0 aliphatic rings. The topological polar surface area (TPSA) is 63.6 Å². The third-order valence-corrected chi connectivity index (χ3v) is 5.29. The molecular formula is C20H15ClO4S. The highest BCUT2D eigenvalue weighted by atomic mass is 35.5. The molecule has 0 spiro atoms. The number of ketones is 1. The van der Waals surface area contributed by atoms with Crippen LogP contribution in [-0.2, 0) is 11.2 Å². The van der Waals surface area contributed by atoms with Gasteiger partial charge in [0.1, 0.15) is 5.75 Å². The Kier molecular flexibility index (Phi) is 5.40. The number of hydrogen-bond acceptors (Lipinski definition) is 4. The second-order valence-corrected chi connectivity index (χ2v) is 7.09. The monoisotopic (exact) mass is 386 g/mol. The van der Waals surface area contributed by atoms with Crippen molar-refractivity contribution in [3.8, 4) is 16.2 Å². The number of halogens is 1. The molecule has 0 atom stereocenters. The lowest BCUT2D eigenvalue weighted by Crippen LogP contribution is -2.01. The van der Waals surface area contributed by atoms with Crippen LogP contribution in [0.25, 0.3) is 10.4 Å². The standard InChI is InChI=1S/C20H15ClO4S/c1-25-16-4-2-3-13(9-16)19(24)17-10-14(11-18(22)23)20(26-17)12-5-7-15(21)8-6-12/h2-10H,11H2,1H3,(H,22,23). The molecule has 0 unspecified atom stereocenters. The minimum Gasteiger partial charge on any atom is -0.497 e. The zero-order valence-corrected chi connectivity index (χ0v) is 15.4. The maximum absolute atomic E-state index is 12.8. The molecule has 132 valence electrons. The van der Waals surface area contributed by atoms with E-state index < -0.39 is 5.97 Å². The SMILES string of the molecule is COc1cccc(C(=O)c2cc(CC(=O)O)c(-c3ccc(Cl)cc3)s2)c1. The van der Waals surface area contributed by atoms with Crippen LogP contribution < -0.4 is 4.74 Å². The smallest absolute Gasteiger partial charge is 0.307 e. The second kappa shape index (κ2) is 7.72. The molecule has 0 fully saturated rings. The lowest BCUT2D eigenvalue weighted by molar-refractivity contribution is -0.136. The van der Waals surface area contributed by atoms with Crippen LogP contribution in [0, 0.1) is 0 Å². The molecule has 3 rings (SSSR count). The lowest BCUT2D eigenvalue weighted by Gasteiger charge is -2.02. The van der Waals surface area contributed by atoms with Crippen LogP contribution in [0.15, 0.2) is 54.6 Å². The second-order valence-electron chi connectivity index (χ2n) is 5.60. The fourth-order valence-electron chi connectivity index (χ4n) is 2.59. The van der Waals surface area contributed by atoms with Crippen molar-refractivity contribution < 1.29 is 19.4 Å². The summed E-state index contributed by atoms with van der Waals surface area (Å²) in [7, 11) is 1.54. The van der Waals surface area contributed by atoms with E-state index in [0.717, 1.165) is 10.4 Å². The minimum atomic E-state index is -0.946. The molecule has 0 aliphatic heterocycles. The Morgan fingerprint density at radius 3 is 2.50 bits per heavy atom. The van der Waals surface area contributed by atoms with Crippen LogP contribution in [0.5, 0.6) is 5.75 Å². The number of thiophene rings is 1. The van der Waals surface area contributed by atoms with Gasteiger partial charge < -0.3 is 9.84 Å². The van der Waals surface area contributed by atoms with E-state index >= 15 is 0 Å². The molecule has 26 heavy (non-hydrogen) atoms. The zero-order chi connectivity index (χ0) is 18.7. The number of rotatable bonds is 6. The minimum absolute atomic E-state index is 0.153. The van der Waals surface area contributed by atoms with Crippen molar-refractivity contribution in [3.05, 3.63) is 75.6 Å². The average Bonchev–Trinajstić information content (AvgIpc) is 3.04. The number of carboxylic acids is 1. The number of hydrogen-bond donors (Lipinski definition) is 1. The number of carbonyl (C=O) groups excluding carboxylic acids is 1. The maximum atomic E-state index is 12.8. The van der Waals surface area contributed by atoms with Crippen molar-refractivity contribution in [2.45, 2.75) is 6.42 Å². The third kappa shape index (κ3) is 3.95. The van der Waals surface area contributed by atoms with Crippen LogP contribution in [0.1, 0.15) is 20.8 Å². The van der Waals surface area contributed by atoms with Crippen LogP contribution in [0.2, 0.25) is 5.02 Å². The van der Waals surface area contributed by atoms with Crippen molar-refractivity contribution in [2.24, 2.45) is 0 Å². The van der Waals surface area contributed by atoms with E-state index in [1.54, 1.807) is 49.6 Å². The number of carbonyl (C=O) groups is 2. The first-order valence-corrected chi connectivity index (χ1v) is 8.96. The Bertz CT molecular complexity index is 960. The van der Waals surface area contributed by atoms with E-state index in [2.05, 4.69) is 0 Å². The fourth-order valence-corrected chi connectivity index (χ4v) is 3.86. The molecule has 0 saturated heterocycles.